The van der Waals surface area contributed by atoms with Gasteiger partial charge in [-0.1, -0.05) is 45.0 Å². The van der Waals surface area contributed by atoms with Gasteiger partial charge in [-0.25, -0.2) is 0 Å². The summed E-state index contributed by atoms with van der Waals surface area (Å²) in [6.07, 6.45) is 0. The fourth-order valence-electron chi connectivity index (χ4n) is 1.66. The normalized spacial score (nSPS) is 13.1. The highest BCUT2D eigenvalue weighted by molar-refractivity contribution is 6.20. The van der Waals surface area contributed by atoms with Gasteiger partial charge in [0.1, 0.15) is 0 Å². The van der Waals surface area contributed by atoms with Crippen LogP contribution in [0.1, 0.15) is 38.8 Å². The second-order valence-corrected chi connectivity index (χ2v) is 5.56. The van der Waals surface area contributed by atoms with Gasteiger partial charge in [0.2, 0.25) is 0 Å². The summed E-state index contributed by atoms with van der Waals surface area (Å²) in [7, 11) is 0. The number of benzene rings is 1. The molecule has 1 aromatic rings. The molecule has 1 atom stereocenters. The van der Waals surface area contributed by atoms with Crippen LogP contribution in [0.4, 0.5) is 0 Å². The first-order valence-corrected chi connectivity index (χ1v) is 5.81. The largest absolute Gasteiger partial charge is 0.297 e. The third-order valence-corrected chi connectivity index (χ3v) is 2.55. The van der Waals surface area contributed by atoms with Gasteiger partial charge in [0.15, 0.2) is 0 Å². The Morgan fingerprint density at radius 1 is 1.25 bits per heavy atom. The minimum Gasteiger partial charge on any atom is -0.297 e. The molecule has 3 heteroatoms. The van der Waals surface area contributed by atoms with E-state index in [4.69, 9.17) is 11.6 Å². The van der Waals surface area contributed by atoms with Crippen molar-refractivity contribution in [1.82, 2.24) is 5.32 Å². The molecule has 0 spiro atoms. The summed E-state index contributed by atoms with van der Waals surface area (Å²) in [5.41, 5.74) is 2.92. The minimum atomic E-state index is 0. The Hall–Kier alpha value is -0.240. The van der Waals surface area contributed by atoms with Crippen LogP contribution in [-0.4, -0.2) is 5.50 Å². The van der Waals surface area contributed by atoms with Crippen LogP contribution < -0.4 is 5.32 Å². The zero-order chi connectivity index (χ0) is 11.5. The Labute approximate surface area is 110 Å². The highest BCUT2D eigenvalue weighted by Gasteiger charge is 2.16. The molecule has 0 bridgehead atoms. The van der Waals surface area contributed by atoms with Crippen molar-refractivity contribution in [2.45, 2.75) is 45.2 Å². The van der Waals surface area contributed by atoms with Gasteiger partial charge in [-0.15, -0.1) is 24.0 Å². The molecule has 0 aliphatic rings. The van der Waals surface area contributed by atoms with Crippen molar-refractivity contribution >= 4 is 24.0 Å². The maximum atomic E-state index is 5.88. The monoisotopic (exact) mass is 261 g/mol. The van der Waals surface area contributed by atoms with Crippen LogP contribution in [0.15, 0.2) is 24.3 Å². The van der Waals surface area contributed by atoms with Crippen molar-refractivity contribution in [3.05, 3.63) is 35.4 Å². The molecule has 0 amide bonds. The lowest BCUT2D eigenvalue weighted by molar-refractivity contribution is 0.572. The number of rotatable bonds is 3. The lowest BCUT2D eigenvalue weighted by atomic mass is 9.84. The molecule has 0 heterocycles. The van der Waals surface area contributed by atoms with Gasteiger partial charge in [0.05, 0.1) is 5.50 Å². The van der Waals surface area contributed by atoms with Crippen molar-refractivity contribution < 1.29 is 0 Å². The predicted molar refractivity (Wildman–Crippen MR) is 74.5 cm³/mol. The molecule has 0 aliphatic carbocycles. The van der Waals surface area contributed by atoms with Gasteiger partial charge in [0.25, 0.3) is 0 Å². The first-order chi connectivity index (χ1) is 6.91. The van der Waals surface area contributed by atoms with Gasteiger partial charge in [-0.05, 0) is 23.5 Å². The van der Waals surface area contributed by atoms with E-state index in [1.54, 1.807) is 0 Å². The fraction of sp³-hybridized carbons (Fsp3) is 0.538. The molecule has 92 valence electrons. The van der Waals surface area contributed by atoms with Gasteiger partial charge in [-0.3, -0.25) is 5.32 Å². The number of hydrogen-bond acceptors (Lipinski definition) is 1. The SMILES string of the molecule is CC(Cl)NCc1ccccc1C(C)(C)C.Cl. The average molecular weight is 262 g/mol. The second-order valence-electron chi connectivity index (χ2n) is 4.90. The number of halogens is 2. The van der Waals surface area contributed by atoms with E-state index in [1.165, 1.54) is 11.1 Å². The lowest BCUT2D eigenvalue weighted by Gasteiger charge is -2.23. The predicted octanol–water partition coefficient (Wildman–Crippen LogP) is 4.08. The van der Waals surface area contributed by atoms with Crippen molar-refractivity contribution in [3.8, 4) is 0 Å². The quantitative estimate of drug-likeness (QED) is 0.639. The minimum absolute atomic E-state index is 0. The Bertz CT molecular complexity index is 316. The maximum Gasteiger partial charge on any atom is 0.0799 e. The molecule has 1 nitrogen and oxygen atoms in total. The Morgan fingerprint density at radius 3 is 2.31 bits per heavy atom. The first kappa shape index (κ1) is 15.8. The summed E-state index contributed by atoms with van der Waals surface area (Å²) < 4.78 is 0. The molecule has 0 radical (unpaired) electrons. The number of nitrogens with one attached hydrogen (secondary N) is 1. The van der Waals surface area contributed by atoms with Crippen molar-refractivity contribution in [1.29, 1.82) is 0 Å². The summed E-state index contributed by atoms with van der Waals surface area (Å²) in [6.45, 7) is 9.47. The van der Waals surface area contributed by atoms with E-state index < -0.39 is 0 Å². The number of alkyl halides is 1. The van der Waals surface area contributed by atoms with Crippen LogP contribution in [0, 0.1) is 0 Å². The molecule has 16 heavy (non-hydrogen) atoms. The molecule has 1 unspecified atom stereocenters. The molecule has 1 N–H and O–H groups in total. The van der Waals surface area contributed by atoms with Crippen molar-refractivity contribution in [2.24, 2.45) is 0 Å². The van der Waals surface area contributed by atoms with E-state index in [1.807, 2.05) is 6.92 Å². The molecule has 1 aromatic carbocycles. The van der Waals surface area contributed by atoms with Crippen molar-refractivity contribution in [2.75, 3.05) is 0 Å². The van der Waals surface area contributed by atoms with E-state index in [2.05, 4.69) is 50.4 Å². The van der Waals surface area contributed by atoms with Crippen molar-refractivity contribution in [3.63, 3.8) is 0 Å². The summed E-state index contributed by atoms with van der Waals surface area (Å²) in [6, 6.07) is 8.52. The van der Waals surface area contributed by atoms with Gasteiger partial charge in [-0.2, -0.15) is 0 Å². The smallest absolute Gasteiger partial charge is 0.0799 e. The molecule has 0 fully saturated rings. The second kappa shape index (κ2) is 6.48. The summed E-state index contributed by atoms with van der Waals surface area (Å²) in [4.78, 5) is 0. The zero-order valence-electron chi connectivity index (χ0n) is 10.4. The van der Waals surface area contributed by atoms with Gasteiger partial charge in [0, 0.05) is 6.54 Å². The zero-order valence-corrected chi connectivity index (χ0v) is 12.0. The van der Waals surface area contributed by atoms with Crippen LogP contribution in [0.3, 0.4) is 0 Å². The molecular weight excluding hydrogens is 241 g/mol. The maximum absolute atomic E-state index is 5.88. The first-order valence-electron chi connectivity index (χ1n) is 5.37. The average Bonchev–Trinajstić information content (AvgIpc) is 2.13. The Balaban J connectivity index is 0.00000225. The fourth-order valence-corrected chi connectivity index (χ4v) is 1.73. The van der Waals surface area contributed by atoms with Crippen LogP contribution in [0.2, 0.25) is 0 Å². The van der Waals surface area contributed by atoms with Gasteiger partial charge >= 0.3 is 0 Å². The third-order valence-electron chi connectivity index (χ3n) is 2.40. The van der Waals surface area contributed by atoms with Crippen LogP contribution >= 0.6 is 24.0 Å². The van der Waals surface area contributed by atoms with E-state index in [0.717, 1.165) is 6.54 Å². The summed E-state index contributed by atoms with van der Waals surface area (Å²) in [5.74, 6) is 0. The van der Waals surface area contributed by atoms with E-state index >= 15 is 0 Å². The Morgan fingerprint density at radius 2 is 1.81 bits per heavy atom. The van der Waals surface area contributed by atoms with E-state index in [0.29, 0.717) is 0 Å². The van der Waals surface area contributed by atoms with Crippen LogP contribution in [-0.2, 0) is 12.0 Å². The highest BCUT2D eigenvalue weighted by atomic mass is 35.5. The molecule has 0 aliphatic heterocycles. The Kier molecular flexibility index (Phi) is 6.39. The van der Waals surface area contributed by atoms with Crippen LogP contribution in [0.5, 0.6) is 0 Å². The molecular formula is C13H21Cl2N. The topological polar surface area (TPSA) is 12.0 Å². The third kappa shape index (κ3) is 4.73. The van der Waals surface area contributed by atoms with Gasteiger partial charge < -0.3 is 0 Å². The molecule has 0 aromatic heterocycles. The number of hydrogen-bond donors (Lipinski definition) is 1. The molecule has 0 saturated heterocycles. The molecule has 1 rings (SSSR count). The molecule has 0 saturated carbocycles. The van der Waals surface area contributed by atoms with E-state index in [9.17, 15) is 0 Å². The lowest BCUT2D eigenvalue weighted by Crippen LogP contribution is -2.23. The van der Waals surface area contributed by atoms with E-state index in [-0.39, 0.29) is 23.3 Å². The summed E-state index contributed by atoms with van der Waals surface area (Å²) in [5, 5.41) is 3.24. The van der Waals surface area contributed by atoms with Crippen LogP contribution in [0.25, 0.3) is 0 Å². The standard InChI is InChI=1S/C13H20ClN.ClH/c1-10(14)15-9-11-7-5-6-8-12(11)13(2,3)4;/h5-8,10,15H,9H2,1-4H3;1H. The summed E-state index contributed by atoms with van der Waals surface area (Å²) >= 11 is 5.88. The highest BCUT2D eigenvalue weighted by Crippen LogP contribution is 2.25.